The van der Waals surface area contributed by atoms with Crippen molar-refractivity contribution in [1.29, 1.82) is 0 Å². The lowest BCUT2D eigenvalue weighted by atomic mass is 10.2. The lowest BCUT2D eigenvalue weighted by Crippen LogP contribution is -2.19. The van der Waals surface area contributed by atoms with Crippen LogP contribution in [-0.4, -0.2) is 13.2 Å². The summed E-state index contributed by atoms with van der Waals surface area (Å²) < 4.78 is 5.80. The fourth-order valence-electron chi connectivity index (χ4n) is 1.62. The molecule has 0 unspecified atom stereocenters. The normalized spacial score (nSPS) is 10.7. The van der Waals surface area contributed by atoms with Crippen molar-refractivity contribution < 1.29 is 4.74 Å². The second kappa shape index (κ2) is 7.93. The molecule has 0 aliphatic heterocycles. The average molecular weight is 247 g/mol. The Balaban J connectivity index is 2.48. The maximum absolute atomic E-state index is 5.80. The van der Waals surface area contributed by atoms with Gasteiger partial charge in [-0.25, -0.2) is 0 Å². The van der Waals surface area contributed by atoms with Crippen LogP contribution < -0.4 is 10.1 Å². The maximum Gasteiger partial charge on any atom is 0.123 e. The van der Waals surface area contributed by atoms with E-state index in [1.54, 1.807) is 0 Å². The molecular formula is C16H25NO. The Hall–Kier alpha value is -1.28. The summed E-state index contributed by atoms with van der Waals surface area (Å²) in [4.78, 5) is 0. The second-order valence-electron chi connectivity index (χ2n) is 5.19. The highest BCUT2D eigenvalue weighted by atomic mass is 16.5. The van der Waals surface area contributed by atoms with Crippen LogP contribution in [0.3, 0.4) is 0 Å². The number of hydrogen-bond acceptors (Lipinski definition) is 2. The molecular weight excluding hydrogens is 222 g/mol. The number of rotatable bonds is 8. The van der Waals surface area contributed by atoms with E-state index in [2.05, 4.69) is 37.9 Å². The lowest BCUT2D eigenvalue weighted by Gasteiger charge is -2.13. The van der Waals surface area contributed by atoms with Gasteiger partial charge in [0.2, 0.25) is 0 Å². The molecule has 0 spiro atoms. The Morgan fingerprint density at radius 1 is 1.33 bits per heavy atom. The van der Waals surface area contributed by atoms with Crippen molar-refractivity contribution in [3.05, 3.63) is 42.0 Å². The molecule has 100 valence electrons. The van der Waals surface area contributed by atoms with Crippen LogP contribution in [0.15, 0.2) is 36.4 Å². The quantitative estimate of drug-likeness (QED) is 0.706. The van der Waals surface area contributed by atoms with Crippen molar-refractivity contribution >= 4 is 0 Å². The Bertz CT molecular complexity index is 371. The summed E-state index contributed by atoms with van der Waals surface area (Å²) in [7, 11) is 0. The highest BCUT2D eigenvalue weighted by Gasteiger charge is 2.03. The van der Waals surface area contributed by atoms with Crippen LogP contribution in [0.1, 0.15) is 32.8 Å². The largest absolute Gasteiger partial charge is 0.493 e. The van der Waals surface area contributed by atoms with E-state index < -0.39 is 0 Å². The van der Waals surface area contributed by atoms with Gasteiger partial charge in [0.15, 0.2) is 0 Å². The summed E-state index contributed by atoms with van der Waals surface area (Å²) in [5.41, 5.74) is 2.38. The molecule has 1 N–H and O–H groups in total. The van der Waals surface area contributed by atoms with Crippen molar-refractivity contribution in [3.8, 4) is 5.75 Å². The molecule has 0 aliphatic carbocycles. The third-order valence-corrected chi connectivity index (χ3v) is 2.63. The SMILES string of the molecule is C=C(C)CCOc1ccccc1CNCC(C)C. The number of nitrogens with one attached hydrogen (secondary N) is 1. The van der Waals surface area contributed by atoms with E-state index in [-0.39, 0.29) is 0 Å². The zero-order valence-corrected chi connectivity index (χ0v) is 11.8. The Morgan fingerprint density at radius 2 is 2.06 bits per heavy atom. The molecule has 1 aromatic rings. The third kappa shape index (κ3) is 5.87. The van der Waals surface area contributed by atoms with E-state index >= 15 is 0 Å². The third-order valence-electron chi connectivity index (χ3n) is 2.63. The van der Waals surface area contributed by atoms with E-state index in [0.29, 0.717) is 12.5 Å². The molecule has 2 nitrogen and oxygen atoms in total. The molecule has 0 saturated carbocycles. The Kier molecular flexibility index (Phi) is 6.51. The van der Waals surface area contributed by atoms with Crippen LogP contribution in [0.5, 0.6) is 5.75 Å². The minimum absolute atomic E-state index is 0.668. The highest BCUT2D eigenvalue weighted by molar-refractivity contribution is 5.33. The summed E-state index contributed by atoms with van der Waals surface area (Å²) in [6, 6.07) is 8.22. The van der Waals surface area contributed by atoms with Gasteiger partial charge in [0.25, 0.3) is 0 Å². The van der Waals surface area contributed by atoms with Crippen molar-refractivity contribution in [2.45, 2.75) is 33.7 Å². The fourth-order valence-corrected chi connectivity index (χ4v) is 1.62. The molecule has 2 heteroatoms. The summed E-state index contributed by atoms with van der Waals surface area (Å²) in [6.07, 6.45) is 0.910. The topological polar surface area (TPSA) is 21.3 Å². The summed E-state index contributed by atoms with van der Waals surface area (Å²) in [5.74, 6) is 1.65. The molecule has 0 aliphatic rings. The number of para-hydroxylation sites is 1. The van der Waals surface area contributed by atoms with Crippen molar-refractivity contribution in [1.82, 2.24) is 5.32 Å². The van der Waals surface area contributed by atoms with Gasteiger partial charge in [-0.15, -0.1) is 6.58 Å². The van der Waals surface area contributed by atoms with Crippen molar-refractivity contribution in [2.75, 3.05) is 13.2 Å². The summed E-state index contributed by atoms with van der Waals surface area (Å²) in [6.45, 7) is 12.9. The molecule has 0 saturated heterocycles. The lowest BCUT2D eigenvalue weighted by molar-refractivity contribution is 0.317. The molecule has 0 fully saturated rings. The number of benzene rings is 1. The van der Waals surface area contributed by atoms with Gasteiger partial charge in [0.05, 0.1) is 6.61 Å². The van der Waals surface area contributed by atoms with E-state index in [0.717, 1.165) is 30.8 Å². The van der Waals surface area contributed by atoms with Gasteiger partial charge in [-0.05, 0) is 25.5 Å². The summed E-state index contributed by atoms with van der Waals surface area (Å²) >= 11 is 0. The van der Waals surface area contributed by atoms with Crippen molar-refractivity contribution in [2.24, 2.45) is 5.92 Å². The Labute approximate surface area is 111 Å². The molecule has 0 atom stereocenters. The average Bonchev–Trinajstić information content (AvgIpc) is 2.30. The monoisotopic (exact) mass is 247 g/mol. The van der Waals surface area contributed by atoms with Crippen LogP contribution in [0.4, 0.5) is 0 Å². The van der Waals surface area contributed by atoms with Crippen LogP contribution in [0.2, 0.25) is 0 Å². The molecule has 18 heavy (non-hydrogen) atoms. The maximum atomic E-state index is 5.80. The van der Waals surface area contributed by atoms with E-state index in [4.69, 9.17) is 4.74 Å². The first-order valence-corrected chi connectivity index (χ1v) is 6.65. The van der Waals surface area contributed by atoms with Gasteiger partial charge >= 0.3 is 0 Å². The zero-order chi connectivity index (χ0) is 13.4. The first-order valence-electron chi connectivity index (χ1n) is 6.65. The van der Waals surface area contributed by atoms with Gasteiger partial charge in [-0.2, -0.15) is 0 Å². The fraction of sp³-hybridized carbons (Fsp3) is 0.500. The number of ether oxygens (including phenoxy) is 1. The minimum atomic E-state index is 0.668. The first-order chi connectivity index (χ1) is 8.59. The second-order valence-corrected chi connectivity index (χ2v) is 5.19. The minimum Gasteiger partial charge on any atom is -0.493 e. The zero-order valence-electron chi connectivity index (χ0n) is 11.8. The van der Waals surface area contributed by atoms with Gasteiger partial charge in [-0.3, -0.25) is 0 Å². The molecule has 0 bridgehead atoms. The molecule has 1 aromatic carbocycles. The smallest absolute Gasteiger partial charge is 0.123 e. The van der Waals surface area contributed by atoms with E-state index in [9.17, 15) is 0 Å². The van der Waals surface area contributed by atoms with Crippen LogP contribution >= 0.6 is 0 Å². The van der Waals surface area contributed by atoms with Gasteiger partial charge in [0, 0.05) is 18.5 Å². The standard InChI is InChI=1S/C16H25NO/c1-13(2)9-10-18-16-8-6-5-7-15(16)12-17-11-14(3)4/h5-8,14,17H,1,9-12H2,2-4H3. The van der Waals surface area contributed by atoms with Gasteiger partial charge in [0.1, 0.15) is 5.75 Å². The molecule has 0 heterocycles. The summed E-state index contributed by atoms with van der Waals surface area (Å²) in [5, 5.41) is 3.44. The first kappa shape index (κ1) is 14.8. The van der Waals surface area contributed by atoms with Crippen LogP contribution in [0.25, 0.3) is 0 Å². The van der Waals surface area contributed by atoms with Crippen molar-refractivity contribution in [3.63, 3.8) is 0 Å². The van der Waals surface area contributed by atoms with Gasteiger partial charge < -0.3 is 10.1 Å². The van der Waals surface area contributed by atoms with Crippen LogP contribution in [-0.2, 0) is 6.54 Å². The predicted octanol–water partition coefficient (Wildman–Crippen LogP) is 3.78. The van der Waals surface area contributed by atoms with Crippen LogP contribution in [0, 0.1) is 5.92 Å². The van der Waals surface area contributed by atoms with E-state index in [1.165, 1.54) is 5.56 Å². The highest BCUT2D eigenvalue weighted by Crippen LogP contribution is 2.18. The van der Waals surface area contributed by atoms with E-state index in [1.807, 2.05) is 19.1 Å². The van der Waals surface area contributed by atoms with Gasteiger partial charge in [-0.1, -0.05) is 37.6 Å². The molecule has 1 rings (SSSR count). The molecule has 0 aromatic heterocycles. The molecule has 0 radical (unpaired) electrons. The number of hydrogen-bond donors (Lipinski definition) is 1. The predicted molar refractivity (Wildman–Crippen MR) is 77.9 cm³/mol. The Morgan fingerprint density at radius 3 is 2.72 bits per heavy atom. The molecule has 0 amide bonds.